The third-order valence-electron chi connectivity index (χ3n) is 4.78. The van der Waals surface area contributed by atoms with Gasteiger partial charge in [-0.05, 0) is 30.2 Å². The maximum atomic E-state index is 11.6. The Balaban J connectivity index is 1.81. The van der Waals surface area contributed by atoms with Crippen LogP contribution < -0.4 is 16.0 Å². The molecule has 1 aromatic carbocycles. The molecule has 0 bridgehead atoms. The first-order valence-corrected chi connectivity index (χ1v) is 9.28. The van der Waals surface area contributed by atoms with Gasteiger partial charge in [-0.25, -0.2) is 0 Å². The molecular formula is C19H26N6O2. The van der Waals surface area contributed by atoms with Gasteiger partial charge in [0.05, 0.1) is 4.92 Å². The number of rotatable bonds is 6. The maximum Gasteiger partial charge on any atom is 0.353 e. The SMILES string of the molecule is C[C@@H]1C[C@H](C)CN(c2nc(NCCc3ccccc3)nc(N)c2[N+](=O)[O-])C1. The fourth-order valence-corrected chi connectivity index (χ4v) is 3.73. The Morgan fingerprint density at radius 2 is 1.89 bits per heavy atom. The second-order valence-electron chi connectivity index (χ2n) is 7.38. The number of aromatic nitrogens is 2. The van der Waals surface area contributed by atoms with Gasteiger partial charge in [0.15, 0.2) is 0 Å². The normalized spacial score (nSPS) is 19.7. The van der Waals surface area contributed by atoms with Gasteiger partial charge in [0, 0.05) is 19.6 Å². The summed E-state index contributed by atoms with van der Waals surface area (Å²) < 4.78 is 0. The van der Waals surface area contributed by atoms with Crippen molar-refractivity contribution in [2.45, 2.75) is 26.7 Å². The highest BCUT2D eigenvalue weighted by atomic mass is 16.6. The minimum absolute atomic E-state index is 0.0990. The highest BCUT2D eigenvalue weighted by molar-refractivity contribution is 5.71. The van der Waals surface area contributed by atoms with Gasteiger partial charge < -0.3 is 16.0 Å². The van der Waals surface area contributed by atoms with Crippen LogP contribution >= 0.6 is 0 Å². The lowest BCUT2D eigenvalue weighted by atomic mass is 9.92. The second kappa shape index (κ2) is 8.20. The Labute approximate surface area is 159 Å². The molecule has 3 rings (SSSR count). The van der Waals surface area contributed by atoms with Crippen molar-refractivity contribution < 1.29 is 4.92 Å². The molecule has 1 aromatic heterocycles. The molecule has 144 valence electrons. The van der Waals surface area contributed by atoms with Crippen LogP contribution in [0.15, 0.2) is 30.3 Å². The molecule has 8 heteroatoms. The van der Waals surface area contributed by atoms with Gasteiger partial charge in [-0.15, -0.1) is 0 Å². The zero-order valence-corrected chi connectivity index (χ0v) is 15.8. The molecule has 0 spiro atoms. The number of nitrogen functional groups attached to an aromatic ring is 1. The summed E-state index contributed by atoms with van der Waals surface area (Å²) in [6, 6.07) is 10.1. The molecule has 2 aromatic rings. The number of nitrogens with one attached hydrogen (secondary N) is 1. The third kappa shape index (κ3) is 4.64. The highest BCUT2D eigenvalue weighted by Gasteiger charge is 2.31. The zero-order valence-electron chi connectivity index (χ0n) is 15.8. The van der Waals surface area contributed by atoms with Gasteiger partial charge in [0.1, 0.15) is 0 Å². The molecule has 1 aliphatic heterocycles. The Hall–Kier alpha value is -2.90. The Morgan fingerprint density at radius 3 is 2.52 bits per heavy atom. The van der Waals surface area contributed by atoms with E-state index in [4.69, 9.17) is 5.73 Å². The second-order valence-corrected chi connectivity index (χ2v) is 7.38. The molecule has 0 unspecified atom stereocenters. The molecule has 0 saturated carbocycles. The first-order chi connectivity index (χ1) is 12.9. The number of nitrogens with two attached hydrogens (primary N) is 1. The van der Waals surface area contributed by atoms with Crippen molar-refractivity contribution in [1.82, 2.24) is 9.97 Å². The van der Waals surface area contributed by atoms with Crippen molar-refractivity contribution in [2.75, 3.05) is 35.6 Å². The summed E-state index contributed by atoms with van der Waals surface area (Å²) in [7, 11) is 0. The van der Waals surface area contributed by atoms with Crippen LogP contribution in [0.1, 0.15) is 25.8 Å². The van der Waals surface area contributed by atoms with E-state index in [9.17, 15) is 10.1 Å². The molecule has 1 saturated heterocycles. The van der Waals surface area contributed by atoms with Crippen molar-refractivity contribution in [3.05, 3.63) is 46.0 Å². The number of hydrogen-bond donors (Lipinski definition) is 2. The van der Waals surface area contributed by atoms with Gasteiger partial charge in [-0.3, -0.25) is 10.1 Å². The lowest BCUT2D eigenvalue weighted by Gasteiger charge is -2.35. The topological polar surface area (TPSA) is 110 Å². The monoisotopic (exact) mass is 370 g/mol. The molecule has 1 fully saturated rings. The van der Waals surface area contributed by atoms with E-state index in [0.29, 0.717) is 30.1 Å². The van der Waals surface area contributed by atoms with Crippen LogP contribution in [0.25, 0.3) is 0 Å². The van der Waals surface area contributed by atoms with E-state index in [0.717, 1.165) is 25.9 Å². The molecule has 2 atom stereocenters. The predicted octanol–water partition coefficient (Wildman–Crippen LogP) is 3.10. The van der Waals surface area contributed by atoms with E-state index in [1.165, 1.54) is 5.56 Å². The van der Waals surface area contributed by atoms with Crippen molar-refractivity contribution >= 4 is 23.3 Å². The summed E-state index contributed by atoms with van der Waals surface area (Å²) in [5.74, 6) is 1.43. The smallest absolute Gasteiger partial charge is 0.353 e. The van der Waals surface area contributed by atoms with E-state index < -0.39 is 4.92 Å². The number of piperidine rings is 1. The Morgan fingerprint density at radius 1 is 1.22 bits per heavy atom. The largest absolute Gasteiger partial charge is 0.378 e. The van der Waals surface area contributed by atoms with Gasteiger partial charge >= 0.3 is 5.69 Å². The molecule has 27 heavy (non-hydrogen) atoms. The van der Waals surface area contributed by atoms with Gasteiger partial charge in [-0.2, -0.15) is 9.97 Å². The Bertz CT molecular complexity index is 788. The summed E-state index contributed by atoms with van der Waals surface area (Å²) in [4.78, 5) is 21.6. The number of nitro groups is 1. The lowest BCUT2D eigenvalue weighted by molar-refractivity contribution is -0.383. The fourth-order valence-electron chi connectivity index (χ4n) is 3.73. The van der Waals surface area contributed by atoms with Crippen LogP contribution in [0, 0.1) is 22.0 Å². The van der Waals surface area contributed by atoms with E-state index in [1.54, 1.807) is 0 Å². The zero-order chi connectivity index (χ0) is 19.4. The van der Waals surface area contributed by atoms with E-state index in [1.807, 2.05) is 23.1 Å². The summed E-state index contributed by atoms with van der Waals surface area (Å²) in [6.07, 6.45) is 1.90. The minimum Gasteiger partial charge on any atom is -0.378 e. The summed E-state index contributed by atoms with van der Waals surface area (Å²) in [6.45, 7) is 6.37. The average Bonchev–Trinajstić information content (AvgIpc) is 2.61. The molecular weight excluding hydrogens is 344 g/mol. The van der Waals surface area contributed by atoms with E-state index >= 15 is 0 Å². The van der Waals surface area contributed by atoms with Gasteiger partial charge in [-0.1, -0.05) is 44.2 Å². The molecule has 1 aliphatic rings. The summed E-state index contributed by atoms with van der Waals surface area (Å²) in [5, 5.41) is 14.7. The van der Waals surface area contributed by atoms with E-state index in [2.05, 4.69) is 41.3 Å². The van der Waals surface area contributed by atoms with Crippen LogP contribution in [0.2, 0.25) is 0 Å². The van der Waals surface area contributed by atoms with Crippen molar-refractivity contribution in [1.29, 1.82) is 0 Å². The third-order valence-corrected chi connectivity index (χ3v) is 4.78. The summed E-state index contributed by atoms with van der Waals surface area (Å²) >= 11 is 0. The first-order valence-electron chi connectivity index (χ1n) is 9.28. The van der Waals surface area contributed by atoms with Gasteiger partial charge in [0.2, 0.25) is 17.6 Å². The predicted molar refractivity (Wildman–Crippen MR) is 107 cm³/mol. The highest BCUT2D eigenvalue weighted by Crippen LogP contribution is 2.35. The van der Waals surface area contributed by atoms with Crippen LogP contribution in [-0.2, 0) is 6.42 Å². The molecule has 2 heterocycles. The number of anilines is 3. The number of hydrogen-bond acceptors (Lipinski definition) is 7. The fraction of sp³-hybridized carbons (Fsp3) is 0.474. The lowest BCUT2D eigenvalue weighted by Crippen LogP contribution is -2.39. The van der Waals surface area contributed by atoms with Crippen molar-refractivity contribution in [3.8, 4) is 0 Å². The van der Waals surface area contributed by atoms with Crippen LogP contribution in [0.3, 0.4) is 0 Å². The average molecular weight is 370 g/mol. The standard InChI is InChI=1S/C19H26N6O2/c1-13-10-14(2)12-24(11-13)18-16(25(26)27)17(20)22-19(23-18)21-9-8-15-6-4-3-5-7-15/h3-7,13-14H,8-12H2,1-2H3,(H3,20,21,22,23)/t13-,14+. The first kappa shape index (κ1) is 18.9. The summed E-state index contributed by atoms with van der Waals surface area (Å²) in [5.41, 5.74) is 6.91. The van der Waals surface area contributed by atoms with E-state index in [-0.39, 0.29) is 11.5 Å². The molecule has 0 radical (unpaired) electrons. The molecule has 0 aliphatic carbocycles. The minimum atomic E-state index is -0.484. The van der Waals surface area contributed by atoms with Crippen molar-refractivity contribution in [3.63, 3.8) is 0 Å². The van der Waals surface area contributed by atoms with Crippen molar-refractivity contribution in [2.24, 2.45) is 11.8 Å². The quantitative estimate of drug-likeness (QED) is 0.594. The molecule has 0 amide bonds. The Kier molecular flexibility index (Phi) is 5.73. The van der Waals surface area contributed by atoms with Crippen LogP contribution in [0.4, 0.5) is 23.3 Å². The number of benzene rings is 1. The van der Waals surface area contributed by atoms with Crippen LogP contribution in [-0.4, -0.2) is 34.5 Å². The molecule has 8 nitrogen and oxygen atoms in total. The maximum absolute atomic E-state index is 11.6. The number of nitrogens with zero attached hydrogens (tertiary/aromatic N) is 4. The molecule has 3 N–H and O–H groups in total. The van der Waals surface area contributed by atoms with Gasteiger partial charge in [0.25, 0.3) is 0 Å². The van der Waals surface area contributed by atoms with Crippen LogP contribution in [0.5, 0.6) is 0 Å².